The molecule has 0 radical (unpaired) electrons. The van der Waals surface area contributed by atoms with Gasteiger partial charge in [0.1, 0.15) is 0 Å². The number of carbonyl (C=O) groups excluding carboxylic acids is 1. The van der Waals surface area contributed by atoms with E-state index in [1.165, 1.54) is 0 Å². The molecule has 2 N–H and O–H groups in total. The summed E-state index contributed by atoms with van der Waals surface area (Å²) < 4.78 is 5.43. The second-order valence-electron chi connectivity index (χ2n) is 3.76. The lowest BCUT2D eigenvalue weighted by Crippen LogP contribution is -2.37. The van der Waals surface area contributed by atoms with Crippen molar-refractivity contribution >= 4 is 17.6 Å². The summed E-state index contributed by atoms with van der Waals surface area (Å²) in [7, 11) is 0. The number of alkyl halides is 1. The summed E-state index contributed by atoms with van der Waals surface area (Å²) >= 11 is 5.50. The molecule has 0 atom stereocenters. The molecular weight excluding hydrogens is 252 g/mol. The van der Waals surface area contributed by atoms with Crippen LogP contribution in [-0.4, -0.2) is 31.6 Å². The minimum absolute atomic E-state index is 0.177. The first-order chi connectivity index (χ1) is 8.83. The number of halogens is 1. The smallest absolute Gasteiger partial charge is 0.314 e. The maximum absolute atomic E-state index is 11.2. The Balaban J connectivity index is 1.97. The van der Waals surface area contributed by atoms with E-state index in [9.17, 15) is 4.79 Å². The van der Waals surface area contributed by atoms with Crippen LogP contribution in [0.4, 0.5) is 4.79 Å². The third-order valence-corrected chi connectivity index (χ3v) is 2.51. The molecular formula is C13H19ClN2O2. The summed E-state index contributed by atoms with van der Waals surface area (Å²) in [5.74, 6) is 0.556. The quantitative estimate of drug-likeness (QED) is 0.562. The van der Waals surface area contributed by atoms with E-state index in [4.69, 9.17) is 16.3 Å². The van der Waals surface area contributed by atoms with Gasteiger partial charge in [0, 0.05) is 19.0 Å². The summed E-state index contributed by atoms with van der Waals surface area (Å²) in [5, 5.41) is 5.41. The van der Waals surface area contributed by atoms with Gasteiger partial charge in [-0.2, -0.15) is 0 Å². The highest BCUT2D eigenvalue weighted by Gasteiger charge is 1.98. The van der Waals surface area contributed by atoms with Gasteiger partial charge in [-0.25, -0.2) is 4.79 Å². The fourth-order valence-electron chi connectivity index (χ4n) is 1.33. The molecule has 0 aliphatic carbocycles. The van der Waals surface area contributed by atoms with Gasteiger partial charge in [0.05, 0.1) is 13.2 Å². The van der Waals surface area contributed by atoms with Gasteiger partial charge >= 0.3 is 6.03 Å². The van der Waals surface area contributed by atoms with Gasteiger partial charge in [0.2, 0.25) is 0 Å². The third-order valence-electron chi connectivity index (χ3n) is 2.24. The molecule has 0 unspecified atom stereocenters. The van der Waals surface area contributed by atoms with Crippen molar-refractivity contribution in [1.29, 1.82) is 0 Å². The minimum atomic E-state index is -0.177. The first kappa shape index (κ1) is 14.8. The second kappa shape index (κ2) is 9.74. The van der Waals surface area contributed by atoms with Crippen LogP contribution in [0, 0.1) is 0 Å². The SMILES string of the molecule is O=C(NCCCCl)NCCOCc1ccccc1. The molecule has 0 fully saturated rings. The molecule has 0 aromatic heterocycles. The fraction of sp³-hybridized carbons (Fsp3) is 0.462. The van der Waals surface area contributed by atoms with E-state index in [2.05, 4.69) is 10.6 Å². The van der Waals surface area contributed by atoms with E-state index in [-0.39, 0.29) is 6.03 Å². The predicted molar refractivity (Wildman–Crippen MR) is 72.8 cm³/mol. The summed E-state index contributed by atoms with van der Waals surface area (Å²) in [6, 6.07) is 9.75. The van der Waals surface area contributed by atoms with E-state index in [1.54, 1.807) is 0 Å². The van der Waals surface area contributed by atoms with Gasteiger partial charge in [-0.05, 0) is 12.0 Å². The highest BCUT2D eigenvalue weighted by Crippen LogP contribution is 1.99. The third kappa shape index (κ3) is 7.14. The largest absolute Gasteiger partial charge is 0.375 e. The first-order valence-corrected chi connectivity index (χ1v) is 6.55. The molecule has 0 heterocycles. The Hall–Kier alpha value is -1.26. The molecule has 1 aromatic carbocycles. The number of rotatable bonds is 8. The molecule has 0 bridgehead atoms. The average Bonchev–Trinajstić information content (AvgIpc) is 2.40. The van der Waals surface area contributed by atoms with Gasteiger partial charge in [0.25, 0.3) is 0 Å². The zero-order valence-electron chi connectivity index (χ0n) is 10.3. The van der Waals surface area contributed by atoms with Crippen LogP contribution >= 0.6 is 11.6 Å². The lowest BCUT2D eigenvalue weighted by atomic mass is 10.2. The molecule has 0 aliphatic rings. The van der Waals surface area contributed by atoms with Crippen LogP contribution < -0.4 is 10.6 Å². The maximum Gasteiger partial charge on any atom is 0.314 e. The van der Waals surface area contributed by atoms with Gasteiger partial charge < -0.3 is 15.4 Å². The maximum atomic E-state index is 11.2. The van der Waals surface area contributed by atoms with E-state index in [0.29, 0.717) is 32.2 Å². The normalized spacial score (nSPS) is 10.1. The summed E-state index contributed by atoms with van der Waals surface area (Å²) in [5.41, 5.74) is 1.13. The Morgan fingerprint density at radius 3 is 2.61 bits per heavy atom. The van der Waals surface area contributed by atoms with Crippen molar-refractivity contribution in [2.24, 2.45) is 0 Å². The summed E-state index contributed by atoms with van der Waals surface area (Å²) in [4.78, 5) is 11.2. The molecule has 18 heavy (non-hydrogen) atoms. The number of amides is 2. The standard InChI is InChI=1S/C13H19ClN2O2/c14-7-4-8-15-13(17)16-9-10-18-11-12-5-2-1-3-6-12/h1-3,5-6H,4,7-11H2,(H2,15,16,17). The number of nitrogens with one attached hydrogen (secondary N) is 2. The Labute approximate surface area is 113 Å². The number of carbonyl (C=O) groups is 1. The number of ether oxygens (including phenoxy) is 1. The highest BCUT2D eigenvalue weighted by atomic mass is 35.5. The van der Waals surface area contributed by atoms with Crippen LogP contribution in [0.3, 0.4) is 0 Å². The number of hydrogen-bond acceptors (Lipinski definition) is 2. The Bertz CT molecular complexity index is 333. The van der Waals surface area contributed by atoms with Gasteiger partial charge in [0.15, 0.2) is 0 Å². The number of benzene rings is 1. The van der Waals surface area contributed by atoms with Crippen molar-refractivity contribution in [2.45, 2.75) is 13.0 Å². The molecule has 1 aromatic rings. The Morgan fingerprint density at radius 1 is 1.17 bits per heavy atom. The van der Waals surface area contributed by atoms with E-state index < -0.39 is 0 Å². The molecule has 4 nitrogen and oxygen atoms in total. The summed E-state index contributed by atoms with van der Waals surface area (Å²) in [6.45, 7) is 2.16. The molecule has 0 spiro atoms. The van der Waals surface area contributed by atoms with Crippen LogP contribution in [0.1, 0.15) is 12.0 Å². The minimum Gasteiger partial charge on any atom is -0.375 e. The van der Waals surface area contributed by atoms with Crippen LogP contribution in [0.15, 0.2) is 30.3 Å². The first-order valence-electron chi connectivity index (χ1n) is 6.02. The number of hydrogen-bond donors (Lipinski definition) is 2. The predicted octanol–water partition coefficient (Wildman–Crippen LogP) is 2.13. The van der Waals surface area contributed by atoms with Crippen LogP contribution in [0.2, 0.25) is 0 Å². The fourth-order valence-corrected chi connectivity index (χ4v) is 1.47. The van der Waals surface area contributed by atoms with Crippen LogP contribution in [-0.2, 0) is 11.3 Å². The molecule has 0 saturated carbocycles. The van der Waals surface area contributed by atoms with Crippen molar-refractivity contribution in [2.75, 3.05) is 25.6 Å². The number of urea groups is 1. The lowest BCUT2D eigenvalue weighted by molar-refractivity contribution is 0.123. The van der Waals surface area contributed by atoms with Crippen molar-refractivity contribution in [1.82, 2.24) is 10.6 Å². The molecule has 0 aliphatic heterocycles. The van der Waals surface area contributed by atoms with Crippen molar-refractivity contribution in [3.8, 4) is 0 Å². The van der Waals surface area contributed by atoms with E-state index in [0.717, 1.165) is 12.0 Å². The zero-order valence-corrected chi connectivity index (χ0v) is 11.1. The molecule has 0 saturated heterocycles. The molecule has 100 valence electrons. The summed E-state index contributed by atoms with van der Waals surface area (Å²) in [6.07, 6.45) is 0.777. The van der Waals surface area contributed by atoms with Gasteiger partial charge in [-0.15, -0.1) is 11.6 Å². The topological polar surface area (TPSA) is 50.4 Å². The van der Waals surface area contributed by atoms with Gasteiger partial charge in [-0.1, -0.05) is 30.3 Å². The van der Waals surface area contributed by atoms with Crippen LogP contribution in [0.5, 0.6) is 0 Å². The molecule has 5 heteroatoms. The second-order valence-corrected chi connectivity index (χ2v) is 4.14. The molecule has 2 amide bonds. The van der Waals surface area contributed by atoms with E-state index >= 15 is 0 Å². The monoisotopic (exact) mass is 270 g/mol. The van der Waals surface area contributed by atoms with Crippen molar-refractivity contribution in [3.05, 3.63) is 35.9 Å². The van der Waals surface area contributed by atoms with Crippen molar-refractivity contribution in [3.63, 3.8) is 0 Å². The highest BCUT2D eigenvalue weighted by molar-refractivity contribution is 6.17. The van der Waals surface area contributed by atoms with Gasteiger partial charge in [-0.3, -0.25) is 0 Å². The molecule has 1 rings (SSSR count). The zero-order chi connectivity index (χ0) is 13.1. The van der Waals surface area contributed by atoms with Crippen LogP contribution in [0.25, 0.3) is 0 Å². The van der Waals surface area contributed by atoms with E-state index in [1.807, 2.05) is 30.3 Å². The van der Waals surface area contributed by atoms with Crippen molar-refractivity contribution < 1.29 is 9.53 Å². The lowest BCUT2D eigenvalue weighted by Gasteiger charge is -2.07. The Kier molecular flexibility index (Phi) is 8.01. The Morgan fingerprint density at radius 2 is 1.89 bits per heavy atom. The average molecular weight is 271 g/mol.